The predicted molar refractivity (Wildman–Crippen MR) is 191 cm³/mol. The third-order valence-corrected chi connectivity index (χ3v) is 9.42. The molecule has 0 N–H and O–H groups in total. The Morgan fingerprint density at radius 2 is 0.783 bits per heavy atom. The summed E-state index contributed by atoms with van der Waals surface area (Å²) in [6.07, 6.45) is 10.5. The van der Waals surface area contributed by atoms with Crippen LogP contribution in [0.15, 0.2) is 118 Å². The second-order valence-corrected chi connectivity index (χ2v) is 12.9. The molecular formula is C44H44O2. The van der Waals surface area contributed by atoms with Crippen LogP contribution < -0.4 is 0 Å². The lowest BCUT2D eigenvalue weighted by molar-refractivity contribution is 0.592. The maximum Gasteiger partial charge on any atom is 0.138 e. The van der Waals surface area contributed by atoms with Gasteiger partial charge in [-0.1, -0.05) is 99.5 Å². The van der Waals surface area contributed by atoms with E-state index in [9.17, 15) is 0 Å². The molecular weight excluding hydrogens is 560 g/mol. The van der Waals surface area contributed by atoms with Crippen molar-refractivity contribution >= 4 is 0 Å². The zero-order valence-corrected chi connectivity index (χ0v) is 27.3. The summed E-state index contributed by atoms with van der Waals surface area (Å²) in [5.41, 5.74) is 12.6. The molecule has 2 heteroatoms. The average molecular weight is 605 g/mol. The van der Waals surface area contributed by atoms with E-state index in [2.05, 4.69) is 123 Å². The third-order valence-electron chi connectivity index (χ3n) is 9.42. The molecule has 0 atom stereocenters. The fourth-order valence-corrected chi connectivity index (χ4v) is 6.81. The van der Waals surface area contributed by atoms with Crippen molar-refractivity contribution in [2.45, 2.75) is 78.1 Å². The molecule has 0 aliphatic carbocycles. The van der Waals surface area contributed by atoms with Crippen molar-refractivity contribution in [1.29, 1.82) is 0 Å². The number of benzene rings is 4. The summed E-state index contributed by atoms with van der Waals surface area (Å²) in [6, 6.07) is 40.3. The van der Waals surface area contributed by atoms with Gasteiger partial charge in [0.25, 0.3) is 0 Å². The summed E-state index contributed by atoms with van der Waals surface area (Å²) in [7, 11) is 0. The highest BCUT2D eigenvalue weighted by Gasteiger charge is 2.17. The zero-order valence-electron chi connectivity index (χ0n) is 27.3. The molecule has 0 saturated carbocycles. The molecule has 2 nitrogen and oxygen atoms in total. The van der Waals surface area contributed by atoms with Crippen LogP contribution in [0.2, 0.25) is 0 Å². The molecule has 12 bridgehead atoms. The minimum absolute atomic E-state index is 0.960. The Labute approximate surface area is 274 Å². The number of hydrogen-bond acceptors (Lipinski definition) is 2. The number of fused-ring (bicyclic) bond motifs is 16. The van der Waals surface area contributed by atoms with Gasteiger partial charge in [-0.3, -0.25) is 0 Å². The molecule has 232 valence electrons. The van der Waals surface area contributed by atoms with E-state index in [1.54, 1.807) is 0 Å². The van der Waals surface area contributed by atoms with E-state index in [1.165, 1.54) is 44.5 Å². The molecule has 0 saturated heterocycles. The van der Waals surface area contributed by atoms with Gasteiger partial charge in [0, 0.05) is 22.3 Å². The number of hydrogen-bond donors (Lipinski definition) is 0. The lowest BCUT2D eigenvalue weighted by Crippen LogP contribution is -1.93. The normalized spacial score (nSPS) is 12.7. The molecule has 46 heavy (non-hydrogen) atoms. The van der Waals surface area contributed by atoms with Crippen molar-refractivity contribution in [1.82, 2.24) is 0 Å². The summed E-state index contributed by atoms with van der Waals surface area (Å²) in [6.45, 7) is 4.51. The van der Waals surface area contributed by atoms with E-state index in [4.69, 9.17) is 8.83 Å². The summed E-state index contributed by atoms with van der Waals surface area (Å²) < 4.78 is 13.4. The van der Waals surface area contributed by atoms with E-state index in [1.807, 2.05) is 0 Å². The zero-order chi connectivity index (χ0) is 31.3. The van der Waals surface area contributed by atoms with Crippen LogP contribution in [0.3, 0.4) is 0 Å². The third kappa shape index (κ3) is 6.67. The van der Waals surface area contributed by atoms with E-state index >= 15 is 0 Å². The van der Waals surface area contributed by atoms with Gasteiger partial charge in [0.05, 0.1) is 0 Å². The van der Waals surface area contributed by atoms with Crippen LogP contribution in [-0.4, -0.2) is 0 Å². The second kappa shape index (κ2) is 13.8. The van der Waals surface area contributed by atoms with Gasteiger partial charge in [0.15, 0.2) is 0 Å². The van der Waals surface area contributed by atoms with Crippen LogP contribution in [0.25, 0.3) is 45.3 Å². The smallest absolute Gasteiger partial charge is 0.138 e. The quantitative estimate of drug-likeness (QED) is 0.189. The van der Waals surface area contributed by atoms with E-state index < -0.39 is 0 Å². The van der Waals surface area contributed by atoms with Gasteiger partial charge >= 0.3 is 0 Å². The maximum absolute atomic E-state index is 6.72. The van der Waals surface area contributed by atoms with Crippen LogP contribution in [0.4, 0.5) is 0 Å². The molecule has 1 aliphatic rings. The summed E-state index contributed by atoms with van der Waals surface area (Å²) in [5, 5.41) is 0. The SMILES string of the molecule is CCCCc1cc2oc1-c1cccc(c1)CCc1cccc(c1)-c1oc(cc1CCCC)-c1cccc(c1)CCc1cccc-2c1. The summed E-state index contributed by atoms with van der Waals surface area (Å²) in [4.78, 5) is 0. The van der Waals surface area contributed by atoms with Gasteiger partial charge in [0.1, 0.15) is 23.0 Å². The first-order valence-electron chi connectivity index (χ1n) is 17.3. The molecule has 0 unspecified atom stereocenters. The minimum atomic E-state index is 0.960. The number of rotatable bonds is 6. The largest absolute Gasteiger partial charge is 0.456 e. The van der Waals surface area contributed by atoms with E-state index in [0.29, 0.717) is 0 Å². The first kappa shape index (κ1) is 30.1. The van der Waals surface area contributed by atoms with Gasteiger partial charge in [-0.15, -0.1) is 0 Å². The Balaban J connectivity index is 1.32. The average Bonchev–Trinajstić information content (AvgIpc) is 3.73. The summed E-state index contributed by atoms with van der Waals surface area (Å²) >= 11 is 0. The molecule has 3 heterocycles. The van der Waals surface area contributed by atoms with Crippen LogP contribution >= 0.6 is 0 Å². The molecule has 0 radical (unpaired) electrons. The molecule has 2 aromatic heterocycles. The van der Waals surface area contributed by atoms with Crippen LogP contribution in [0.1, 0.15) is 72.9 Å². The molecule has 0 spiro atoms. The van der Waals surface area contributed by atoms with Crippen LogP contribution in [0, 0.1) is 0 Å². The van der Waals surface area contributed by atoms with Crippen molar-refractivity contribution in [3.8, 4) is 45.3 Å². The lowest BCUT2D eigenvalue weighted by atomic mass is 9.97. The molecule has 6 aromatic rings. The van der Waals surface area contributed by atoms with Gasteiger partial charge in [-0.25, -0.2) is 0 Å². The van der Waals surface area contributed by atoms with Crippen LogP contribution in [0.5, 0.6) is 0 Å². The Bertz CT molecular complexity index is 1790. The van der Waals surface area contributed by atoms with E-state index in [-0.39, 0.29) is 0 Å². The molecule has 0 amide bonds. The van der Waals surface area contributed by atoms with Crippen molar-refractivity contribution in [3.63, 3.8) is 0 Å². The number of furan rings is 2. The molecule has 4 aromatic carbocycles. The number of aryl methyl sites for hydroxylation is 6. The Kier molecular flexibility index (Phi) is 9.05. The van der Waals surface area contributed by atoms with Gasteiger partial charge < -0.3 is 8.83 Å². The first-order chi connectivity index (χ1) is 22.7. The lowest BCUT2D eigenvalue weighted by Gasteiger charge is -2.09. The molecule has 7 rings (SSSR count). The Hall–Kier alpha value is -4.56. The standard InChI is InChI=1S/C44H44O2/c1-3-5-15-39-29-41-35-17-7-11-31(25-35)21-22-32-12-8-18-36(26-32)42-30-40(16-6-4-2)44(46-42)38-20-10-14-34(28-38)24-23-33-13-9-19-37(27-33)43(39)45-41/h7-14,17-20,25-30H,3-6,15-16,21-24H2,1-2H3. The molecule has 0 fully saturated rings. The fourth-order valence-electron chi connectivity index (χ4n) is 6.81. The van der Waals surface area contributed by atoms with Crippen molar-refractivity contribution in [2.75, 3.05) is 0 Å². The highest BCUT2D eigenvalue weighted by atomic mass is 16.3. The number of unbranched alkanes of at least 4 members (excludes halogenated alkanes) is 2. The minimum Gasteiger partial charge on any atom is -0.456 e. The topological polar surface area (TPSA) is 26.3 Å². The van der Waals surface area contributed by atoms with Gasteiger partial charge in [-0.05, 0) is 121 Å². The fraction of sp³-hybridized carbons (Fsp3) is 0.273. The highest BCUT2D eigenvalue weighted by Crippen LogP contribution is 2.37. The van der Waals surface area contributed by atoms with Crippen LogP contribution in [-0.2, 0) is 38.5 Å². The first-order valence-corrected chi connectivity index (χ1v) is 17.3. The second-order valence-electron chi connectivity index (χ2n) is 12.9. The van der Waals surface area contributed by atoms with Gasteiger partial charge in [0.2, 0.25) is 0 Å². The van der Waals surface area contributed by atoms with E-state index in [0.717, 1.165) is 98.4 Å². The Morgan fingerprint density at radius 1 is 0.435 bits per heavy atom. The maximum atomic E-state index is 6.72. The summed E-state index contributed by atoms with van der Waals surface area (Å²) in [5.74, 6) is 3.96. The predicted octanol–water partition coefficient (Wildman–Crippen LogP) is 12.1. The van der Waals surface area contributed by atoms with Crippen molar-refractivity contribution in [2.24, 2.45) is 0 Å². The van der Waals surface area contributed by atoms with Crippen molar-refractivity contribution in [3.05, 3.63) is 143 Å². The highest BCUT2D eigenvalue weighted by molar-refractivity contribution is 5.71. The van der Waals surface area contributed by atoms with Gasteiger partial charge in [-0.2, -0.15) is 0 Å². The molecule has 1 aliphatic heterocycles. The monoisotopic (exact) mass is 604 g/mol. The van der Waals surface area contributed by atoms with Crippen molar-refractivity contribution < 1.29 is 8.83 Å². The Morgan fingerprint density at radius 3 is 1.15 bits per heavy atom.